The molecule has 2 amide bonds. The normalized spacial score (nSPS) is 13.8. The molecule has 0 saturated heterocycles. The Hall–Kier alpha value is -1.86. The molecule has 2 aromatic rings. The Morgan fingerprint density at radius 1 is 1.58 bits per heavy atom. The minimum absolute atomic E-state index is 0.0589. The molecule has 2 rings (SSSR count). The fraction of sp³-hybridized carbons (Fsp3) is 0.333. The van der Waals surface area contributed by atoms with Gasteiger partial charge in [0.05, 0.1) is 30.6 Å². The van der Waals surface area contributed by atoms with E-state index in [1.165, 1.54) is 17.6 Å². The van der Waals surface area contributed by atoms with E-state index < -0.39 is 5.60 Å². The average molecular weight is 281 g/mol. The van der Waals surface area contributed by atoms with Crippen LogP contribution in [0.5, 0.6) is 0 Å². The van der Waals surface area contributed by atoms with E-state index in [1.807, 2.05) is 5.38 Å². The third kappa shape index (κ3) is 3.80. The van der Waals surface area contributed by atoms with Gasteiger partial charge in [-0.25, -0.2) is 9.78 Å². The van der Waals surface area contributed by atoms with Gasteiger partial charge in [0, 0.05) is 5.38 Å². The highest BCUT2D eigenvalue weighted by Crippen LogP contribution is 2.19. The van der Waals surface area contributed by atoms with Crippen LogP contribution in [0.4, 0.5) is 4.79 Å². The molecule has 6 nitrogen and oxygen atoms in total. The SMILES string of the molecule is CC(O)(CNC(=O)NCc1cscn1)c1ccco1. The maximum atomic E-state index is 11.6. The van der Waals surface area contributed by atoms with Crippen molar-refractivity contribution in [2.75, 3.05) is 6.54 Å². The van der Waals surface area contributed by atoms with Crippen LogP contribution in [-0.2, 0) is 12.1 Å². The second-order valence-corrected chi connectivity index (χ2v) is 4.99. The van der Waals surface area contributed by atoms with Crippen molar-refractivity contribution < 1.29 is 14.3 Å². The summed E-state index contributed by atoms with van der Waals surface area (Å²) >= 11 is 1.47. The largest absolute Gasteiger partial charge is 0.466 e. The standard InChI is InChI=1S/C12H15N3O3S/c1-12(17,10-3-2-4-18-10)7-14-11(16)13-5-9-6-19-8-15-9/h2-4,6,8,17H,5,7H2,1H3,(H2,13,14,16). The topological polar surface area (TPSA) is 87.4 Å². The summed E-state index contributed by atoms with van der Waals surface area (Å²) in [5, 5.41) is 17.2. The van der Waals surface area contributed by atoms with Gasteiger partial charge in [0.25, 0.3) is 0 Å². The van der Waals surface area contributed by atoms with Crippen LogP contribution in [0.25, 0.3) is 0 Å². The maximum absolute atomic E-state index is 11.6. The quantitative estimate of drug-likeness (QED) is 0.774. The van der Waals surface area contributed by atoms with Crippen molar-refractivity contribution in [1.29, 1.82) is 0 Å². The summed E-state index contributed by atoms with van der Waals surface area (Å²) < 4.78 is 5.12. The minimum atomic E-state index is -1.23. The van der Waals surface area contributed by atoms with Gasteiger partial charge in [-0.05, 0) is 19.1 Å². The lowest BCUT2D eigenvalue weighted by molar-refractivity contribution is 0.0367. The number of nitrogens with one attached hydrogen (secondary N) is 2. The molecule has 0 radical (unpaired) electrons. The van der Waals surface area contributed by atoms with Crippen LogP contribution in [-0.4, -0.2) is 22.7 Å². The lowest BCUT2D eigenvalue weighted by Crippen LogP contribution is -2.43. The summed E-state index contributed by atoms with van der Waals surface area (Å²) in [6.07, 6.45) is 1.48. The molecule has 7 heteroatoms. The number of hydrogen-bond donors (Lipinski definition) is 3. The molecule has 0 saturated carbocycles. The summed E-state index contributed by atoms with van der Waals surface area (Å²) in [6.45, 7) is 1.99. The van der Waals surface area contributed by atoms with Gasteiger partial charge in [0.2, 0.25) is 0 Å². The number of furan rings is 1. The van der Waals surface area contributed by atoms with E-state index in [1.54, 1.807) is 24.6 Å². The van der Waals surface area contributed by atoms with Gasteiger partial charge in [0.15, 0.2) is 0 Å². The lowest BCUT2D eigenvalue weighted by Gasteiger charge is -2.21. The second-order valence-electron chi connectivity index (χ2n) is 4.27. The molecule has 0 aromatic carbocycles. The van der Waals surface area contributed by atoms with Crippen molar-refractivity contribution in [3.8, 4) is 0 Å². The van der Waals surface area contributed by atoms with Crippen LogP contribution >= 0.6 is 11.3 Å². The Balaban J connectivity index is 1.77. The maximum Gasteiger partial charge on any atom is 0.315 e. The number of rotatable bonds is 5. The van der Waals surface area contributed by atoms with E-state index in [2.05, 4.69) is 15.6 Å². The molecule has 0 spiro atoms. The van der Waals surface area contributed by atoms with E-state index in [0.29, 0.717) is 12.3 Å². The second kappa shape index (κ2) is 5.85. The number of aliphatic hydroxyl groups is 1. The Morgan fingerprint density at radius 3 is 3.05 bits per heavy atom. The zero-order valence-electron chi connectivity index (χ0n) is 10.4. The molecule has 0 fully saturated rings. The zero-order valence-corrected chi connectivity index (χ0v) is 11.2. The van der Waals surface area contributed by atoms with Crippen molar-refractivity contribution in [3.63, 3.8) is 0 Å². The number of urea groups is 1. The first-order chi connectivity index (χ1) is 9.08. The molecule has 1 atom stereocenters. The highest BCUT2D eigenvalue weighted by Gasteiger charge is 2.26. The van der Waals surface area contributed by atoms with Crippen LogP contribution in [0.1, 0.15) is 18.4 Å². The van der Waals surface area contributed by atoms with Crippen molar-refractivity contribution >= 4 is 17.4 Å². The molecule has 1 unspecified atom stereocenters. The van der Waals surface area contributed by atoms with E-state index in [-0.39, 0.29) is 12.6 Å². The van der Waals surface area contributed by atoms with Crippen molar-refractivity contribution in [2.45, 2.75) is 19.1 Å². The van der Waals surface area contributed by atoms with Gasteiger partial charge in [-0.1, -0.05) is 0 Å². The van der Waals surface area contributed by atoms with Gasteiger partial charge < -0.3 is 20.2 Å². The molecule has 0 aliphatic carbocycles. The van der Waals surface area contributed by atoms with Gasteiger partial charge in [-0.2, -0.15) is 0 Å². The van der Waals surface area contributed by atoms with Crippen molar-refractivity contribution in [3.05, 3.63) is 40.7 Å². The van der Waals surface area contributed by atoms with Crippen LogP contribution in [0.15, 0.2) is 33.7 Å². The molecule has 3 N–H and O–H groups in total. The Labute approximate surface area is 114 Å². The summed E-state index contributed by atoms with van der Waals surface area (Å²) in [5.74, 6) is 0.410. The molecule has 2 heterocycles. The lowest BCUT2D eigenvalue weighted by atomic mass is 10.0. The number of carbonyl (C=O) groups excluding carboxylic acids is 1. The number of hydrogen-bond acceptors (Lipinski definition) is 5. The smallest absolute Gasteiger partial charge is 0.315 e. The number of amides is 2. The number of thiazole rings is 1. The van der Waals surface area contributed by atoms with E-state index in [9.17, 15) is 9.90 Å². The first-order valence-electron chi connectivity index (χ1n) is 5.73. The van der Waals surface area contributed by atoms with Gasteiger partial charge >= 0.3 is 6.03 Å². The van der Waals surface area contributed by atoms with E-state index >= 15 is 0 Å². The molecule has 0 aliphatic heterocycles. The number of aromatic nitrogens is 1. The Kier molecular flexibility index (Phi) is 4.18. The Bertz CT molecular complexity index is 508. The van der Waals surface area contributed by atoms with Crippen molar-refractivity contribution in [2.24, 2.45) is 0 Å². The predicted octanol–water partition coefficient (Wildman–Crippen LogP) is 1.44. The number of carbonyl (C=O) groups is 1. The zero-order chi connectivity index (χ0) is 13.7. The third-order valence-corrected chi connectivity index (χ3v) is 3.19. The van der Waals surface area contributed by atoms with Crippen molar-refractivity contribution in [1.82, 2.24) is 15.6 Å². The average Bonchev–Trinajstić information content (AvgIpc) is 3.06. The monoisotopic (exact) mass is 281 g/mol. The fourth-order valence-electron chi connectivity index (χ4n) is 1.48. The minimum Gasteiger partial charge on any atom is -0.466 e. The molecule has 19 heavy (non-hydrogen) atoms. The predicted molar refractivity (Wildman–Crippen MR) is 70.6 cm³/mol. The fourth-order valence-corrected chi connectivity index (χ4v) is 2.04. The number of nitrogens with zero attached hydrogens (tertiary/aromatic N) is 1. The van der Waals surface area contributed by atoms with E-state index in [0.717, 1.165) is 5.69 Å². The molecule has 102 valence electrons. The van der Waals surface area contributed by atoms with Crippen LogP contribution in [0.3, 0.4) is 0 Å². The molecular formula is C12H15N3O3S. The highest BCUT2D eigenvalue weighted by molar-refractivity contribution is 7.07. The first-order valence-corrected chi connectivity index (χ1v) is 6.67. The summed E-state index contributed by atoms with van der Waals surface area (Å²) in [4.78, 5) is 15.6. The summed E-state index contributed by atoms with van der Waals surface area (Å²) in [7, 11) is 0. The Morgan fingerprint density at radius 2 is 2.42 bits per heavy atom. The molecule has 0 aliphatic rings. The van der Waals surface area contributed by atoms with Gasteiger partial charge in [0.1, 0.15) is 11.4 Å². The van der Waals surface area contributed by atoms with Gasteiger partial charge in [-0.15, -0.1) is 11.3 Å². The molecule has 0 bridgehead atoms. The van der Waals surface area contributed by atoms with E-state index in [4.69, 9.17) is 4.42 Å². The summed E-state index contributed by atoms with van der Waals surface area (Å²) in [6, 6.07) is 2.99. The molecule has 2 aromatic heterocycles. The molecular weight excluding hydrogens is 266 g/mol. The summed E-state index contributed by atoms with van der Waals surface area (Å²) in [5.41, 5.74) is 1.27. The third-order valence-electron chi connectivity index (χ3n) is 2.56. The first kappa shape index (κ1) is 13.6. The highest BCUT2D eigenvalue weighted by atomic mass is 32.1. The van der Waals surface area contributed by atoms with Crippen LogP contribution < -0.4 is 10.6 Å². The van der Waals surface area contributed by atoms with Crippen LogP contribution in [0, 0.1) is 0 Å². The van der Waals surface area contributed by atoms with Crippen LogP contribution in [0.2, 0.25) is 0 Å². The van der Waals surface area contributed by atoms with Gasteiger partial charge in [-0.3, -0.25) is 0 Å².